The van der Waals surface area contributed by atoms with Gasteiger partial charge in [0.15, 0.2) is 0 Å². The Hall–Kier alpha value is -1.84. The quantitative estimate of drug-likeness (QED) is 0.821. The van der Waals surface area contributed by atoms with Gasteiger partial charge in [0.25, 0.3) is 0 Å². The smallest absolute Gasteiger partial charge is 0.0917 e. The van der Waals surface area contributed by atoms with E-state index >= 15 is 0 Å². The van der Waals surface area contributed by atoms with E-state index in [0.29, 0.717) is 12.2 Å². The van der Waals surface area contributed by atoms with E-state index in [2.05, 4.69) is 36.1 Å². The van der Waals surface area contributed by atoms with Crippen LogP contribution < -0.4 is 5.73 Å². The van der Waals surface area contributed by atoms with Gasteiger partial charge in [0.1, 0.15) is 0 Å². The highest BCUT2D eigenvalue weighted by atomic mass is 16.3. The zero-order valence-corrected chi connectivity index (χ0v) is 12.1. The second-order valence-electron chi connectivity index (χ2n) is 5.37. The summed E-state index contributed by atoms with van der Waals surface area (Å²) in [5.74, 6) is 0. The van der Waals surface area contributed by atoms with E-state index in [1.165, 1.54) is 11.1 Å². The Morgan fingerprint density at radius 3 is 2.50 bits per heavy atom. The molecule has 0 saturated carbocycles. The fourth-order valence-electron chi connectivity index (χ4n) is 2.24. The monoisotopic (exact) mass is 270 g/mol. The summed E-state index contributed by atoms with van der Waals surface area (Å²) in [4.78, 5) is 2.11. The number of likely N-dealkylation sites (N-methyl/N-ethyl adjacent to an activating group) is 1. The van der Waals surface area contributed by atoms with E-state index in [9.17, 15) is 5.11 Å². The third-order valence-corrected chi connectivity index (χ3v) is 3.35. The van der Waals surface area contributed by atoms with Gasteiger partial charge in [-0.1, -0.05) is 42.0 Å². The van der Waals surface area contributed by atoms with E-state index in [1.807, 2.05) is 31.3 Å². The van der Waals surface area contributed by atoms with E-state index in [4.69, 9.17) is 5.73 Å². The fourth-order valence-corrected chi connectivity index (χ4v) is 2.24. The molecule has 0 amide bonds. The molecule has 0 aliphatic heterocycles. The van der Waals surface area contributed by atoms with Crippen LogP contribution in [0.2, 0.25) is 0 Å². The highest BCUT2D eigenvalue weighted by molar-refractivity contribution is 5.41. The average molecular weight is 270 g/mol. The Morgan fingerprint density at radius 2 is 1.85 bits per heavy atom. The molecule has 3 nitrogen and oxygen atoms in total. The van der Waals surface area contributed by atoms with Crippen molar-refractivity contribution in [1.82, 2.24) is 4.90 Å². The average Bonchev–Trinajstić information content (AvgIpc) is 2.41. The number of hydrogen-bond acceptors (Lipinski definition) is 3. The van der Waals surface area contributed by atoms with Crippen LogP contribution in [0.15, 0.2) is 48.5 Å². The number of nitrogens with zero attached hydrogens (tertiary/aromatic N) is 1. The molecule has 106 valence electrons. The van der Waals surface area contributed by atoms with Gasteiger partial charge in [-0.25, -0.2) is 0 Å². The Morgan fingerprint density at radius 1 is 1.15 bits per heavy atom. The molecule has 2 aromatic rings. The molecule has 20 heavy (non-hydrogen) atoms. The molecule has 0 bridgehead atoms. The summed E-state index contributed by atoms with van der Waals surface area (Å²) in [6, 6.07) is 15.9. The van der Waals surface area contributed by atoms with Crippen molar-refractivity contribution in [3.05, 3.63) is 65.2 Å². The van der Waals surface area contributed by atoms with Crippen LogP contribution in [0.5, 0.6) is 0 Å². The number of benzene rings is 2. The highest BCUT2D eigenvalue weighted by Crippen LogP contribution is 2.17. The minimum absolute atomic E-state index is 0.519. The van der Waals surface area contributed by atoms with Crippen LogP contribution in [-0.2, 0) is 6.54 Å². The number of aliphatic hydroxyl groups excluding tert-OH is 1. The lowest BCUT2D eigenvalue weighted by molar-refractivity contribution is 0.124. The number of nitrogen functional groups attached to an aromatic ring is 1. The number of rotatable bonds is 5. The molecule has 2 aromatic carbocycles. The molecule has 2 rings (SSSR count). The molecule has 0 spiro atoms. The Labute approximate surface area is 120 Å². The molecular formula is C17H22N2O. The van der Waals surface area contributed by atoms with Crippen LogP contribution in [0.1, 0.15) is 22.8 Å². The van der Waals surface area contributed by atoms with Crippen molar-refractivity contribution in [3.8, 4) is 0 Å². The minimum Gasteiger partial charge on any atom is -0.399 e. The van der Waals surface area contributed by atoms with E-state index in [0.717, 1.165) is 12.1 Å². The van der Waals surface area contributed by atoms with Gasteiger partial charge in [0, 0.05) is 18.8 Å². The number of anilines is 1. The third-order valence-electron chi connectivity index (χ3n) is 3.35. The second kappa shape index (κ2) is 6.55. The second-order valence-corrected chi connectivity index (χ2v) is 5.37. The standard InChI is InChI=1S/C17H22N2O/c1-13-6-8-14(9-7-13)11-19(2)12-17(20)15-4-3-5-16(18)10-15/h3-10,17,20H,11-12,18H2,1-2H3. The van der Waals surface area contributed by atoms with Crippen molar-refractivity contribution in [2.45, 2.75) is 19.6 Å². The van der Waals surface area contributed by atoms with Crippen molar-refractivity contribution >= 4 is 5.69 Å². The lowest BCUT2D eigenvalue weighted by Crippen LogP contribution is -2.24. The molecule has 0 aromatic heterocycles. The molecule has 1 unspecified atom stereocenters. The molecule has 3 N–H and O–H groups in total. The number of aliphatic hydroxyl groups is 1. The van der Waals surface area contributed by atoms with E-state index in [-0.39, 0.29) is 0 Å². The number of aryl methyl sites for hydroxylation is 1. The van der Waals surface area contributed by atoms with Crippen molar-refractivity contribution in [2.24, 2.45) is 0 Å². The maximum Gasteiger partial charge on any atom is 0.0917 e. The summed E-state index contributed by atoms with van der Waals surface area (Å²) in [5, 5.41) is 10.2. The van der Waals surface area contributed by atoms with Crippen LogP contribution in [-0.4, -0.2) is 23.6 Å². The van der Waals surface area contributed by atoms with Crippen molar-refractivity contribution < 1.29 is 5.11 Å². The first-order valence-electron chi connectivity index (χ1n) is 6.82. The van der Waals surface area contributed by atoms with Gasteiger partial charge < -0.3 is 10.8 Å². The van der Waals surface area contributed by atoms with Crippen LogP contribution in [0.4, 0.5) is 5.69 Å². The summed E-state index contributed by atoms with van der Waals surface area (Å²) >= 11 is 0. The first-order chi connectivity index (χ1) is 9.54. The number of nitrogens with two attached hydrogens (primary N) is 1. The zero-order chi connectivity index (χ0) is 14.5. The molecule has 0 aliphatic rings. The Kier molecular flexibility index (Phi) is 4.77. The lowest BCUT2D eigenvalue weighted by atomic mass is 10.1. The third kappa shape index (κ3) is 4.08. The van der Waals surface area contributed by atoms with E-state index < -0.39 is 6.10 Å². The fraction of sp³-hybridized carbons (Fsp3) is 0.294. The highest BCUT2D eigenvalue weighted by Gasteiger charge is 2.11. The summed E-state index contributed by atoms with van der Waals surface area (Å²) in [5.41, 5.74) is 9.79. The van der Waals surface area contributed by atoms with Crippen LogP contribution in [0, 0.1) is 6.92 Å². The summed E-state index contributed by atoms with van der Waals surface area (Å²) < 4.78 is 0. The topological polar surface area (TPSA) is 49.5 Å². The largest absolute Gasteiger partial charge is 0.399 e. The Bertz CT molecular complexity index is 551. The molecule has 1 atom stereocenters. The van der Waals surface area contributed by atoms with Gasteiger partial charge in [-0.3, -0.25) is 4.90 Å². The maximum atomic E-state index is 10.2. The van der Waals surface area contributed by atoms with Crippen LogP contribution in [0.3, 0.4) is 0 Å². The summed E-state index contributed by atoms with van der Waals surface area (Å²) in [6.07, 6.45) is -0.519. The predicted molar refractivity (Wildman–Crippen MR) is 83.3 cm³/mol. The maximum absolute atomic E-state index is 10.2. The summed E-state index contributed by atoms with van der Waals surface area (Å²) in [7, 11) is 2.01. The minimum atomic E-state index is -0.519. The molecular weight excluding hydrogens is 248 g/mol. The van der Waals surface area contributed by atoms with Crippen molar-refractivity contribution in [1.29, 1.82) is 0 Å². The van der Waals surface area contributed by atoms with E-state index in [1.54, 1.807) is 0 Å². The number of hydrogen-bond donors (Lipinski definition) is 2. The predicted octanol–water partition coefficient (Wildman–Crippen LogP) is 2.74. The SMILES string of the molecule is Cc1ccc(CN(C)CC(O)c2cccc(N)c2)cc1. The van der Waals surface area contributed by atoms with Gasteiger partial charge in [-0.2, -0.15) is 0 Å². The van der Waals surface area contributed by atoms with Crippen molar-refractivity contribution in [3.63, 3.8) is 0 Å². The molecule has 0 fully saturated rings. The van der Waals surface area contributed by atoms with Gasteiger partial charge in [0.05, 0.1) is 6.10 Å². The van der Waals surface area contributed by atoms with Gasteiger partial charge >= 0.3 is 0 Å². The Balaban J connectivity index is 1.93. The zero-order valence-electron chi connectivity index (χ0n) is 12.1. The molecule has 0 radical (unpaired) electrons. The van der Waals surface area contributed by atoms with Gasteiger partial charge in [0.2, 0.25) is 0 Å². The first kappa shape index (κ1) is 14.6. The molecule has 0 aliphatic carbocycles. The van der Waals surface area contributed by atoms with Crippen LogP contribution in [0.25, 0.3) is 0 Å². The first-order valence-corrected chi connectivity index (χ1v) is 6.82. The lowest BCUT2D eigenvalue weighted by Gasteiger charge is -2.21. The molecule has 0 heterocycles. The molecule has 0 saturated heterocycles. The molecule has 3 heteroatoms. The van der Waals surface area contributed by atoms with Crippen molar-refractivity contribution in [2.75, 3.05) is 19.3 Å². The van der Waals surface area contributed by atoms with Gasteiger partial charge in [-0.05, 0) is 37.2 Å². The van der Waals surface area contributed by atoms with Crippen LogP contribution >= 0.6 is 0 Å². The van der Waals surface area contributed by atoms with Gasteiger partial charge in [-0.15, -0.1) is 0 Å². The summed E-state index contributed by atoms with van der Waals surface area (Å²) in [6.45, 7) is 3.48. The normalized spacial score (nSPS) is 12.6.